The topological polar surface area (TPSA) is 52.6 Å². The molecular formula is C14H13F3O4. The fourth-order valence-electron chi connectivity index (χ4n) is 2.35. The molecule has 0 aliphatic heterocycles. The molecule has 0 bridgehead atoms. The van der Waals surface area contributed by atoms with E-state index >= 15 is 0 Å². The van der Waals surface area contributed by atoms with Gasteiger partial charge in [-0.3, -0.25) is 4.79 Å². The predicted octanol–water partition coefficient (Wildman–Crippen LogP) is 3.23. The lowest BCUT2D eigenvalue weighted by molar-refractivity contribution is -0.206. The molecule has 2 atom stereocenters. The predicted molar refractivity (Wildman–Crippen MR) is 65.1 cm³/mol. The van der Waals surface area contributed by atoms with Gasteiger partial charge in [0.15, 0.2) is 0 Å². The average Bonchev–Trinajstić information content (AvgIpc) is 2.40. The quantitative estimate of drug-likeness (QED) is 0.787. The molecule has 0 amide bonds. The minimum Gasteiger partial charge on any atom is -0.458 e. The molecule has 0 spiro atoms. The Balaban J connectivity index is 2.23. The van der Waals surface area contributed by atoms with Crippen LogP contribution in [-0.2, 0) is 19.1 Å². The van der Waals surface area contributed by atoms with Gasteiger partial charge in [-0.25, -0.2) is 4.79 Å². The van der Waals surface area contributed by atoms with E-state index in [-0.39, 0.29) is 6.42 Å². The maximum Gasteiger partial charge on any atom is 0.490 e. The molecule has 0 fully saturated rings. The Bertz CT molecular complexity index is 553. The van der Waals surface area contributed by atoms with Gasteiger partial charge in [0.25, 0.3) is 0 Å². The number of ether oxygens (including phenoxy) is 2. The molecule has 0 saturated carbocycles. The molecule has 4 nitrogen and oxygen atoms in total. The van der Waals surface area contributed by atoms with Crippen molar-refractivity contribution in [1.29, 1.82) is 0 Å². The second-order valence-corrected chi connectivity index (χ2v) is 4.70. The normalized spacial score (nSPS) is 21.3. The summed E-state index contributed by atoms with van der Waals surface area (Å²) in [5, 5.41) is 0. The SMILES string of the molecule is CC(=O)OC1CCC(OC(=O)C(F)(F)F)c2ccccc21. The highest BCUT2D eigenvalue weighted by molar-refractivity contribution is 5.76. The number of alkyl halides is 3. The molecule has 1 aromatic carbocycles. The van der Waals surface area contributed by atoms with Gasteiger partial charge in [0.05, 0.1) is 0 Å². The number of hydrogen-bond donors (Lipinski definition) is 0. The van der Waals surface area contributed by atoms with Crippen molar-refractivity contribution in [2.75, 3.05) is 0 Å². The van der Waals surface area contributed by atoms with Crippen molar-refractivity contribution in [3.8, 4) is 0 Å². The first-order valence-electron chi connectivity index (χ1n) is 6.33. The molecule has 1 aliphatic carbocycles. The van der Waals surface area contributed by atoms with Crippen LogP contribution in [0.4, 0.5) is 13.2 Å². The minimum absolute atomic E-state index is 0.163. The number of carbonyl (C=O) groups is 2. The van der Waals surface area contributed by atoms with E-state index in [2.05, 4.69) is 4.74 Å². The summed E-state index contributed by atoms with van der Waals surface area (Å²) in [7, 11) is 0. The Morgan fingerprint density at radius 1 is 1.05 bits per heavy atom. The lowest BCUT2D eigenvalue weighted by atomic mass is 9.87. The van der Waals surface area contributed by atoms with Crippen LogP contribution >= 0.6 is 0 Å². The molecule has 2 unspecified atom stereocenters. The number of esters is 2. The van der Waals surface area contributed by atoms with Crippen LogP contribution in [0.3, 0.4) is 0 Å². The van der Waals surface area contributed by atoms with Crippen molar-refractivity contribution in [2.45, 2.75) is 38.1 Å². The molecule has 0 saturated heterocycles. The molecular weight excluding hydrogens is 289 g/mol. The van der Waals surface area contributed by atoms with Crippen molar-refractivity contribution in [3.05, 3.63) is 35.4 Å². The van der Waals surface area contributed by atoms with E-state index in [1.807, 2.05) is 0 Å². The Labute approximate surface area is 118 Å². The number of benzene rings is 1. The summed E-state index contributed by atoms with van der Waals surface area (Å²) < 4.78 is 46.5. The summed E-state index contributed by atoms with van der Waals surface area (Å²) in [6.45, 7) is 1.26. The first-order valence-corrected chi connectivity index (χ1v) is 6.33. The molecule has 0 N–H and O–H groups in total. The van der Waals surface area contributed by atoms with Crippen LogP contribution in [0.15, 0.2) is 24.3 Å². The zero-order valence-corrected chi connectivity index (χ0v) is 11.1. The highest BCUT2D eigenvalue weighted by atomic mass is 19.4. The van der Waals surface area contributed by atoms with Gasteiger partial charge in [0.2, 0.25) is 0 Å². The molecule has 21 heavy (non-hydrogen) atoms. The Hall–Kier alpha value is -2.05. The zero-order valence-electron chi connectivity index (χ0n) is 11.1. The standard InChI is InChI=1S/C14H13F3O4/c1-8(18)20-11-6-7-12(21-13(19)14(15,16)17)10-5-3-2-4-9(10)11/h2-5,11-12H,6-7H2,1H3. The molecule has 1 aliphatic rings. The Morgan fingerprint density at radius 2 is 1.52 bits per heavy atom. The minimum atomic E-state index is -5.03. The third-order valence-corrected chi connectivity index (χ3v) is 3.17. The fraction of sp³-hybridized carbons (Fsp3) is 0.429. The van der Waals surface area contributed by atoms with E-state index in [9.17, 15) is 22.8 Å². The zero-order chi connectivity index (χ0) is 15.6. The van der Waals surface area contributed by atoms with Gasteiger partial charge in [-0.15, -0.1) is 0 Å². The summed E-state index contributed by atoms with van der Waals surface area (Å²) in [6.07, 6.45) is -6.08. The van der Waals surface area contributed by atoms with Gasteiger partial charge >= 0.3 is 18.1 Å². The van der Waals surface area contributed by atoms with E-state index in [1.165, 1.54) is 6.92 Å². The first-order chi connectivity index (χ1) is 9.79. The van der Waals surface area contributed by atoms with Gasteiger partial charge in [-0.2, -0.15) is 13.2 Å². The second-order valence-electron chi connectivity index (χ2n) is 4.70. The van der Waals surface area contributed by atoms with Crippen LogP contribution in [0.5, 0.6) is 0 Å². The molecule has 7 heteroatoms. The molecule has 0 radical (unpaired) electrons. The highest BCUT2D eigenvalue weighted by Crippen LogP contribution is 2.40. The number of rotatable bonds is 2. The summed E-state index contributed by atoms with van der Waals surface area (Å²) in [6, 6.07) is 6.53. The van der Waals surface area contributed by atoms with E-state index in [0.717, 1.165) is 0 Å². The van der Waals surface area contributed by atoms with Crippen molar-refractivity contribution in [3.63, 3.8) is 0 Å². The lowest BCUT2D eigenvalue weighted by Gasteiger charge is -2.30. The van der Waals surface area contributed by atoms with Gasteiger partial charge in [-0.05, 0) is 24.0 Å². The van der Waals surface area contributed by atoms with Crippen LogP contribution in [0, 0.1) is 0 Å². The number of carbonyl (C=O) groups excluding carboxylic acids is 2. The molecule has 2 rings (SSSR count). The van der Waals surface area contributed by atoms with Gasteiger partial charge in [0, 0.05) is 6.92 Å². The molecule has 0 aromatic heterocycles. The average molecular weight is 302 g/mol. The molecule has 1 aromatic rings. The van der Waals surface area contributed by atoms with Gasteiger partial charge in [0.1, 0.15) is 12.2 Å². The monoisotopic (exact) mass is 302 g/mol. The number of hydrogen-bond acceptors (Lipinski definition) is 4. The molecule has 0 heterocycles. The first kappa shape index (κ1) is 15.3. The van der Waals surface area contributed by atoms with Crippen molar-refractivity contribution >= 4 is 11.9 Å². The maximum absolute atomic E-state index is 12.3. The fourth-order valence-corrected chi connectivity index (χ4v) is 2.35. The third-order valence-electron chi connectivity index (χ3n) is 3.17. The van der Waals surface area contributed by atoms with Gasteiger partial charge in [-0.1, -0.05) is 24.3 Å². The molecule has 114 valence electrons. The highest BCUT2D eigenvalue weighted by Gasteiger charge is 2.43. The summed E-state index contributed by atoms with van der Waals surface area (Å²) >= 11 is 0. The summed E-state index contributed by atoms with van der Waals surface area (Å²) in [5.41, 5.74) is 1.01. The van der Waals surface area contributed by atoms with Crippen molar-refractivity contribution in [2.24, 2.45) is 0 Å². The smallest absolute Gasteiger partial charge is 0.458 e. The van der Waals surface area contributed by atoms with E-state index in [1.54, 1.807) is 24.3 Å². The van der Waals surface area contributed by atoms with Crippen LogP contribution in [0.2, 0.25) is 0 Å². The third kappa shape index (κ3) is 3.53. The van der Waals surface area contributed by atoms with Crippen LogP contribution in [0.1, 0.15) is 43.1 Å². The van der Waals surface area contributed by atoms with Crippen LogP contribution in [0.25, 0.3) is 0 Å². The number of fused-ring (bicyclic) bond motifs is 1. The van der Waals surface area contributed by atoms with E-state index in [4.69, 9.17) is 4.74 Å². The van der Waals surface area contributed by atoms with Crippen LogP contribution in [-0.4, -0.2) is 18.1 Å². The Kier molecular flexibility index (Phi) is 4.20. The van der Waals surface area contributed by atoms with Crippen LogP contribution < -0.4 is 0 Å². The summed E-state index contributed by atoms with van der Waals surface area (Å²) in [4.78, 5) is 22.0. The van der Waals surface area contributed by atoms with Crippen molar-refractivity contribution < 1.29 is 32.2 Å². The lowest BCUT2D eigenvalue weighted by Crippen LogP contribution is -2.29. The van der Waals surface area contributed by atoms with Crippen molar-refractivity contribution in [1.82, 2.24) is 0 Å². The number of halogens is 3. The van der Waals surface area contributed by atoms with Gasteiger partial charge < -0.3 is 9.47 Å². The maximum atomic E-state index is 12.3. The largest absolute Gasteiger partial charge is 0.490 e. The Morgan fingerprint density at radius 3 is 1.95 bits per heavy atom. The second kappa shape index (κ2) is 5.75. The van der Waals surface area contributed by atoms with E-state index in [0.29, 0.717) is 17.5 Å². The summed E-state index contributed by atoms with van der Waals surface area (Å²) in [5.74, 6) is -2.69. The van der Waals surface area contributed by atoms with E-state index < -0.39 is 30.3 Å².